The molecule has 17 heavy (non-hydrogen) atoms. The van der Waals surface area contributed by atoms with Crippen LogP contribution in [-0.4, -0.2) is 11.8 Å². The molecule has 0 spiro atoms. The number of carbonyl (C=O) groups excluding carboxylic acids is 2. The van der Waals surface area contributed by atoms with Crippen molar-refractivity contribution in [3.63, 3.8) is 0 Å². The van der Waals surface area contributed by atoms with Gasteiger partial charge in [0.15, 0.2) is 0 Å². The summed E-state index contributed by atoms with van der Waals surface area (Å²) in [4.78, 5) is 22.6. The molecule has 1 aromatic carbocycles. The van der Waals surface area contributed by atoms with Crippen LogP contribution in [0, 0.1) is 5.82 Å². The van der Waals surface area contributed by atoms with Crippen molar-refractivity contribution in [2.75, 3.05) is 0 Å². The lowest BCUT2D eigenvalue weighted by Gasteiger charge is -2.22. The van der Waals surface area contributed by atoms with Gasteiger partial charge in [-0.15, -0.1) is 0 Å². The molecule has 1 aliphatic heterocycles. The maximum absolute atomic E-state index is 13.4. The Hall–Kier alpha value is -0.940. The van der Waals surface area contributed by atoms with Gasteiger partial charge >= 0.3 is 0 Å². The van der Waals surface area contributed by atoms with Gasteiger partial charge < -0.3 is 0 Å². The predicted octanol–water partition coefficient (Wildman–Crippen LogP) is 2.76. The van der Waals surface area contributed by atoms with Gasteiger partial charge in [0.25, 0.3) is 0 Å². The van der Waals surface area contributed by atoms with Gasteiger partial charge in [-0.2, -0.15) is 0 Å². The normalized spacial score (nSPS) is 20.3. The van der Waals surface area contributed by atoms with E-state index in [-0.39, 0.29) is 16.8 Å². The highest BCUT2D eigenvalue weighted by Gasteiger charge is 2.30. The number of nitrogens with one attached hydrogen (secondary N) is 1. The minimum atomic E-state index is -0.567. The molecule has 1 aliphatic rings. The van der Waals surface area contributed by atoms with Gasteiger partial charge in [0, 0.05) is 11.4 Å². The van der Waals surface area contributed by atoms with Crippen molar-refractivity contribution >= 4 is 39.3 Å². The highest BCUT2D eigenvalue weighted by molar-refractivity contribution is 9.10. The van der Waals surface area contributed by atoms with Crippen molar-refractivity contribution in [2.45, 2.75) is 18.8 Å². The van der Waals surface area contributed by atoms with E-state index in [0.29, 0.717) is 17.0 Å². The quantitative estimate of drug-likeness (QED) is 0.639. The first kappa shape index (κ1) is 12.5. The molecule has 0 aliphatic carbocycles. The van der Waals surface area contributed by atoms with Crippen LogP contribution >= 0.6 is 27.5 Å². The van der Waals surface area contributed by atoms with Crippen molar-refractivity contribution in [1.82, 2.24) is 5.32 Å². The first-order valence-corrected chi connectivity index (χ1v) is 6.14. The first-order valence-electron chi connectivity index (χ1n) is 4.97. The number of hydrogen-bond donors (Lipinski definition) is 1. The maximum Gasteiger partial charge on any atom is 0.234 e. The van der Waals surface area contributed by atoms with Crippen LogP contribution in [0.3, 0.4) is 0 Å². The number of amides is 2. The van der Waals surface area contributed by atoms with Crippen LogP contribution in [0.15, 0.2) is 16.6 Å². The van der Waals surface area contributed by atoms with Gasteiger partial charge in [-0.1, -0.05) is 11.6 Å². The summed E-state index contributed by atoms with van der Waals surface area (Å²) in [6, 6.07) is 2.64. The summed E-state index contributed by atoms with van der Waals surface area (Å²) < 4.78 is 13.7. The highest BCUT2D eigenvalue weighted by Crippen LogP contribution is 2.33. The van der Waals surface area contributed by atoms with E-state index in [9.17, 15) is 14.0 Å². The molecular formula is C11H8BrClFNO2. The molecule has 1 unspecified atom stereocenters. The fraction of sp³-hybridized carbons (Fsp3) is 0.273. The third-order valence-electron chi connectivity index (χ3n) is 2.65. The number of halogens is 3. The summed E-state index contributed by atoms with van der Waals surface area (Å²) in [7, 11) is 0. The molecule has 1 atom stereocenters. The molecule has 1 saturated heterocycles. The Morgan fingerprint density at radius 3 is 2.76 bits per heavy atom. The smallest absolute Gasteiger partial charge is 0.234 e. The largest absolute Gasteiger partial charge is 0.296 e. The molecule has 1 heterocycles. The Bertz CT molecular complexity index is 506. The van der Waals surface area contributed by atoms with Crippen LogP contribution in [0.2, 0.25) is 5.02 Å². The molecule has 2 amide bonds. The topological polar surface area (TPSA) is 46.2 Å². The average molecular weight is 321 g/mol. The molecule has 0 saturated carbocycles. The molecule has 0 radical (unpaired) electrons. The highest BCUT2D eigenvalue weighted by atomic mass is 79.9. The van der Waals surface area contributed by atoms with Crippen LogP contribution < -0.4 is 5.32 Å². The van der Waals surface area contributed by atoms with E-state index >= 15 is 0 Å². The van der Waals surface area contributed by atoms with E-state index in [1.807, 2.05) is 0 Å². The Morgan fingerprint density at radius 1 is 1.41 bits per heavy atom. The summed E-state index contributed by atoms with van der Waals surface area (Å²) in [5.74, 6) is -1.78. The zero-order valence-electron chi connectivity index (χ0n) is 8.60. The molecule has 90 valence electrons. The Balaban J connectivity index is 2.37. The first-order chi connectivity index (χ1) is 7.99. The second-order valence-electron chi connectivity index (χ2n) is 3.79. The molecule has 2 rings (SSSR count). The summed E-state index contributed by atoms with van der Waals surface area (Å²) in [6.07, 6.45) is 0.593. The lowest BCUT2D eigenvalue weighted by atomic mass is 9.90. The lowest BCUT2D eigenvalue weighted by Crippen LogP contribution is -2.39. The van der Waals surface area contributed by atoms with E-state index < -0.39 is 17.6 Å². The molecule has 0 aromatic heterocycles. The van der Waals surface area contributed by atoms with Crippen LogP contribution in [-0.2, 0) is 9.59 Å². The second kappa shape index (κ2) is 4.74. The van der Waals surface area contributed by atoms with E-state index in [1.165, 1.54) is 12.1 Å². The monoisotopic (exact) mass is 319 g/mol. The zero-order valence-corrected chi connectivity index (χ0v) is 10.9. The summed E-state index contributed by atoms with van der Waals surface area (Å²) >= 11 is 8.99. The van der Waals surface area contributed by atoms with Crippen molar-refractivity contribution in [2.24, 2.45) is 0 Å². The lowest BCUT2D eigenvalue weighted by molar-refractivity contribution is -0.134. The van der Waals surface area contributed by atoms with Gasteiger partial charge in [-0.3, -0.25) is 14.9 Å². The van der Waals surface area contributed by atoms with Gasteiger partial charge in [0.1, 0.15) is 5.82 Å². The number of hydrogen-bond acceptors (Lipinski definition) is 2. The zero-order chi connectivity index (χ0) is 12.6. The predicted molar refractivity (Wildman–Crippen MR) is 64.2 cm³/mol. The van der Waals surface area contributed by atoms with Crippen molar-refractivity contribution in [3.05, 3.63) is 33.0 Å². The summed E-state index contributed by atoms with van der Waals surface area (Å²) in [6.45, 7) is 0. The molecule has 6 heteroatoms. The average Bonchev–Trinajstić information content (AvgIpc) is 2.24. The van der Waals surface area contributed by atoms with Crippen molar-refractivity contribution in [3.8, 4) is 0 Å². The molecule has 1 fully saturated rings. The SMILES string of the molecule is O=C1CCC(c2cc(F)c(Br)cc2Cl)C(=O)N1. The minimum Gasteiger partial charge on any atom is -0.296 e. The van der Waals surface area contributed by atoms with E-state index in [0.717, 1.165) is 0 Å². The maximum atomic E-state index is 13.4. The third-order valence-corrected chi connectivity index (χ3v) is 3.59. The van der Waals surface area contributed by atoms with Crippen LogP contribution in [0.4, 0.5) is 4.39 Å². The fourth-order valence-electron chi connectivity index (χ4n) is 1.80. The summed E-state index contributed by atoms with van der Waals surface area (Å²) in [5.41, 5.74) is 0.414. The Labute approximate surface area is 110 Å². The molecule has 1 aromatic rings. The standard InChI is InChI=1S/C11H8BrClFNO2/c12-7-4-8(13)6(3-9(7)14)5-1-2-10(16)15-11(5)17/h3-5H,1-2H2,(H,15,16,17). The number of carbonyl (C=O) groups is 2. The van der Waals surface area contributed by atoms with Gasteiger partial charge in [-0.25, -0.2) is 4.39 Å². The van der Waals surface area contributed by atoms with E-state index in [2.05, 4.69) is 21.2 Å². The van der Waals surface area contributed by atoms with Gasteiger partial charge in [0.2, 0.25) is 11.8 Å². The van der Waals surface area contributed by atoms with Crippen molar-refractivity contribution < 1.29 is 14.0 Å². The molecular weight excluding hydrogens is 312 g/mol. The van der Waals surface area contributed by atoms with Crippen molar-refractivity contribution in [1.29, 1.82) is 0 Å². The molecule has 1 N–H and O–H groups in total. The third kappa shape index (κ3) is 2.50. The number of piperidine rings is 1. The van der Waals surface area contributed by atoms with E-state index in [4.69, 9.17) is 11.6 Å². The summed E-state index contributed by atoms with van der Waals surface area (Å²) in [5, 5.41) is 2.53. The van der Waals surface area contributed by atoms with E-state index in [1.54, 1.807) is 0 Å². The minimum absolute atomic E-state index is 0.240. The fourth-order valence-corrected chi connectivity index (χ4v) is 2.57. The second-order valence-corrected chi connectivity index (χ2v) is 5.05. The number of rotatable bonds is 1. The molecule has 0 bridgehead atoms. The van der Waals surface area contributed by atoms with Gasteiger partial charge in [0.05, 0.1) is 10.4 Å². The Kier molecular flexibility index (Phi) is 3.49. The number of benzene rings is 1. The molecule has 3 nitrogen and oxygen atoms in total. The van der Waals surface area contributed by atoms with Crippen LogP contribution in [0.1, 0.15) is 24.3 Å². The number of imide groups is 1. The van der Waals surface area contributed by atoms with Crippen LogP contribution in [0.5, 0.6) is 0 Å². The van der Waals surface area contributed by atoms with Crippen LogP contribution in [0.25, 0.3) is 0 Å². The Morgan fingerprint density at radius 2 is 2.12 bits per heavy atom. The van der Waals surface area contributed by atoms with Gasteiger partial charge in [-0.05, 0) is 40.0 Å².